The second-order valence-electron chi connectivity index (χ2n) is 3.35. The van der Waals surface area contributed by atoms with Gasteiger partial charge in [-0.05, 0) is 6.42 Å². The summed E-state index contributed by atoms with van der Waals surface area (Å²) < 4.78 is 32.0. The molecule has 0 spiro atoms. The zero-order valence-electron chi connectivity index (χ0n) is 7.96. The summed E-state index contributed by atoms with van der Waals surface area (Å²) in [5, 5.41) is 3.84. The molecule has 2 heterocycles. The predicted molar refractivity (Wildman–Crippen MR) is 46.4 cm³/mol. The SMILES string of the molecule is Cn1nc(C(F)F)c2c1CCOCC2. The molecule has 0 unspecified atom stereocenters. The monoisotopic (exact) mass is 202 g/mol. The van der Waals surface area contributed by atoms with E-state index in [0.717, 1.165) is 5.69 Å². The highest BCUT2D eigenvalue weighted by molar-refractivity contribution is 5.28. The van der Waals surface area contributed by atoms with Gasteiger partial charge in [0.15, 0.2) is 0 Å². The average molecular weight is 202 g/mol. The Morgan fingerprint density at radius 1 is 1.36 bits per heavy atom. The minimum atomic E-state index is -2.48. The number of aryl methyl sites for hydroxylation is 1. The summed E-state index contributed by atoms with van der Waals surface area (Å²) in [5.74, 6) is 0. The number of hydrogen-bond acceptors (Lipinski definition) is 2. The maximum atomic E-state index is 12.6. The van der Waals surface area contributed by atoms with Gasteiger partial charge in [-0.2, -0.15) is 5.10 Å². The number of aromatic nitrogens is 2. The van der Waals surface area contributed by atoms with E-state index in [9.17, 15) is 8.78 Å². The van der Waals surface area contributed by atoms with E-state index in [1.54, 1.807) is 11.7 Å². The van der Waals surface area contributed by atoms with Gasteiger partial charge in [-0.3, -0.25) is 4.68 Å². The van der Waals surface area contributed by atoms with Crippen molar-refractivity contribution in [3.63, 3.8) is 0 Å². The molecule has 0 atom stereocenters. The van der Waals surface area contributed by atoms with Crippen LogP contribution in [-0.2, 0) is 24.6 Å². The van der Waals surface area contributed by atoms with Crippen molar-refractivity contribution in [2.24, 2.45) is 7.05 Å². The van der Waals surface area contributed by atoms with Crippen molar-refractivity contribution in [2.45, 2.75) is 19.3 Å². The van der Waals surface area contributed by atoms with Crippen LogP contribution >= 0.6 is 0 Å². The molecule has 1 aliphatic heterocycles. The molecule has 14 heavy (non-hydrogen) atoms. The molecule has 0 aromatic carbocycles. The van der Waals surface area contributed by atoms with Crippen LogP contribution < -0.4 is 0 Å². The van der Waals surface area contributed by atoms with Crippen LogP contribution in [0.4, 0.5) is 8.78 Å². The normalized spacial score (nSPS) is 16.9. The van der Waals surface area contributed by atoms with Crippen molar-refractivity contribution < 1.29 is 13.5 Å². The molecule has 2 rings (SSSR count). The molecule has 1 aromatic rings. The Hall–Kier alpha value is -0.970. The Kier molecular flexibility index (Phi) is 2.50. The van der Waals surface area contributed by atoms with Crippen LogP contribution in [0, 0.1) is 0 Å². The van der Waals surface area contributed by atoms with E-state index in [4.69, 9.17) is 4.74 Å². The lowest BCUT2D eigenvalue weighted by Crippen LogP contribution is -2.02. The summed E-state index contributed by atoms with van der Waals surface area (Å²) in [6, 6.07) is 0. The fourth-order valence-corrected chi connectivity index (χ4v) is 1.83. The highest BCUT2D eigenvalue weighted by Crippen LogP contribution is 2.26. The smallest absolute Gasteiger partial charge is 0.282 e. The maximum absolute atomic E-state index is 12.6. The van der Waals surface area contributed by atoms with E-state index < -0.39 is 6.43 Å². The zero-order valence-corrected chi connectivity index (χ0v) is 7.96. The molecule has 5 heteroatoms. The highest BCUT2D eigenvalue weighted by atomic mass is 19.3. The summed E-state index contributed by atoms with van der Waals surface area (Å²) in [6.45, 7) is 1.10. The lowest BCUT2D eigenvalue weighted by atomic mass is 10.1. The molecule has 0 fully saturated rings. The van der Waals surface area contributed by atoms with Crippen LogP contribution in [-0.4, -0.2) is 23.0 Å². The van der Waals surface area contributed by atoms with Gasteiger partial charge in [-0.15, -0.1) is 0 Å². The standard InChI is InChI=1S/C9H12F2N2O/c1-13-7-3-5-14-4-2-6(7)8(12-13)9(10)11/h9H,2-5H2,1H3. The Morgan fingerprint density at radius 2 is 2.07 bits per heavy atom. The molecule has 78 valence electrons. The molecule has 0 radical (unpaired) electrons. The number of halogens is 2. The summed E-state index contributed by atoms with van der Waals surface area (Å²) in [4.78, 5) is 0. The van der Waals surface area contributed by atoms with Gasteiger partial charge in [-0.25, -0.2) is 8.78 Å². The van der Waals surface area contributed by atoms with Crippen molar-refractivity contribution >= 4 is 0 Å². The number of rotatable bonds is 1. The summed E-state index contributed by atoms with van der Waals surface area (Å²) in [7, 11) is 1.70. The number of nitrogens with zero attached hydrogens (tertiary/aromatic N) is 2. The second kappa shape index (κ2) is 3.65. The first-order valence-corrected chi connectivity index (χ1v) is 4.60. The quantitative estimate of drug-likeness (QED) is 0.689. The van der Waals surface area contributed by atoms with Gasteiger partial charge in [0.25, 0.3) is 6.43 Å². The van der Waals surface area contributed by atoms with E-state index in [0.29, 0.717) is 31.6 Å². The molecule has 0 amide bonds. The van der Waals surface area contributed by atoms with Crippen LogP contribution in [0.25, 0.3) is 0 Å². The first kappa shape index (κ1) is 9.58. The predicted octanol–water partition coefficient (Wildman–Crippen LogP) is 1.47. The first-order valence-electron chi connectivity index (χ1n) is 4.60. The van der Waals surface area contributed by atoms with Crippen LogP contribution in [0.3, 0.4) is 0 Å². The van der Waals surface area contributed by atoms with Crippen molar-refractivity contribution in [1.82, 2.24) is 9.78 Å². The van der Waals surface area contributed by atoms with Gasteiger partial charge < -0.3 is 4.74 Å². The maximum Gasteiger partial charge on any atom is 0.282 e. The molecule has 1 aromatic heterocycles. The van der Waals surface area contributed by atoms with Gasteiger partial charge in [0.2, 0.25) is 0 Å². The Morgan fingerprint density at radius 3 is 2.79 bits per heavy atom. The van der Waals surface area contributed by atoms with E-state index in [2.05, 4.69) is 5.10 Å². The molecule has 0 saturated heterocycles. The Balaban J connectivity index is 2.44. The van der Waals surface area contributed by atoms with Crippen molar-refractivity contribution in [3.05, 3.63) is 17.0 Å². The minimum absolute atomic E-state index is 0.0759. The third-order valence-corrected chi connectivity index (χ3v) is 2.49. The summed E-state index contributed by atoms with van der Waals surface area (Å²) >= 11 is 0. The zero-order chi connectivity index (χ0) is 10.1. The molecule has 0 aliphatic carbocycles. The topological polar surface area (TPSA) is 27.1 Å². The molecule has 1 aliphatic rings. The molecule has 3 nitrogen and oxygen atoms in total. The van der Waals surface area contributed by atoms with Crippen LogP contribution in [0.2, 0.25) is 0 Å². The third-order valence-electron chi connectivity index (χ3n) is 2.49. The molecule has 0 N–H and O–H groups in total. The Bertz CT molecular complexity index is 336. The fraction of sp³-hybridized carbons (Fsp3) is 0.667. The molecular weight excluding hydrogens is 190 g/mol. The number of alkyl halides is 2. The van der Waals surface area contributed by atoms with Gasteiger partial charge >= 0.3 is 0 Å². The largest absolute Gasteiger partial charge is 0.381 e. The van der Waals surface area contributed by atoms with Gasteiger partial charge in [-0.1, -0.05) is 0 Å². The Labute approximate surface area is 80.7 Å². The van der Waals surface area contributed by atoms with Crippen molar-refractivity contribution in [2.75, 3.05) is 13.2 Å². The van der Waals surface area contributed by atoms with Crippen LogP contribution in [0.15, 0.2) is 0 Å². The number of ether oxygens (including phenoxy) is 1. The van der Waals surface area contributed by atoms with Crippen molar-refractivity contribution in [1.29, 1.82) is 0 Å². The number of fused-ring (bicyclic) bond motifs is 1. The summed E-state index contributed by atoms with van der Waals surface area (Å²) in [5.41, 5.74) is 1.49. The third kappa shape index (κ3) is 1.52. The van der Waals surface area contributed by atoms with Gasteiger partial charge in [0.05, 0.1) is 13.2 Å². The van der Waals surface area contributed by atoms with Crippen LogP contribution in [0.5, 0.6) is 0 Å². The van der Waals surface area contributed by atoms with Gasteiger partial charge in [0, 0.05) is 24.7 Å². The first-order chi connectivity index (χ1) is 6.70. The van der Waals surface area contributed by atoms with E-state index >= 15 is 0 Å². The molecule has 0 bridgehead atoms. The summed E-state index contributed by atoms with van der Waals surface area (Å²) in [6.07, 6.45) is -1.27. The lowest BCUT2D eigenvalue weighted by Gasteiger charge is -1.99. The van der Waals surface area contributed by atoms with Crippen LogP contribution in [0.1, 0.15) is 23.4 Å². The molecular formula is C9H12F2N2O. The van der Waals surface area contributed by atoms with Gasteiger partial charge in [0.1, 0.15) is 5.69 Å². The lowest BCUT2D eigenvalue weighted by molar-refractivity contribution is 0.136. The van der Waals surface area contributed by atoms with E-state index in [-0.39, 0.29) is 5.69 Å². The minimum Gasteiger partial charge on any atom is -0.381 e. The molecule has 0 saturated carbocycles. The second-order valence-corrected chi connectivity index (χ2v) is 3.35. The van der Waals surface area contributed by atoms with Crippen molar-refractivity contribution in [3.8, 4) is 0 Å². The highest BCUT2D eigenvalue weighted by Gasteiger charge is 2.23. The van der Waals surface area contributed by atoms with E-state index in [1.807, 2.05) is 0 Å². The van der Waals surface area contributed by atoms with E-state index in [1.165, 1.54) is 0 Å². The number of hydrogen-bond donors (Lipinski definition) is 0. The fourth-order valence-electron chi connectivity index (χ4n) is 1.83. The average Bonchev–Trinajstić information content (AvgIpc) is 2.38.